The molecular weight excluding hydrogens is 380 g/mol. The number of nitrogens with zero attached hydrogens (tertiary/aromatic N) is 1. The molecule has 1 unspecified atom stereocenters. The minimum atomic E-state index is -0.478. The summed E-state index contributed by atoms with van der Waals surface area (Å²) in [7, 11) is 1.39. The second-order valence-electron chi connectivity index (χ2n) is 7.18. The summed E-state index contributed by atoms with van der Waals surface area (Å²) in [5.41, 5.74) is 4.25. The van der Waals surface area contributed by atoms with Gasteiger partial charge < -0.3 is 10.1 Å². The Morgan fingerprint density at radius 1 is 1.03 bits per heavy atom. The molecule has 3 aromatic carbocycles. The number of hydrogen-bond acceptors (Lipinski definition) is 5. The first kappa shape index (κ1) is 21.0. The average molecular weight is 404 g/mol. The number of hydrogen-bond donors (Lipinski definition) is 1. The first-order valence-electron chi connectivity index (χ1n) is 9.63. The SMILES string of the molecule is COc1ccc(C(CC(=O)c2ccccc2)Nc2ccc(C)c(C)c2)cc1[N+](=O)[O-]. The zero-order chi connectivity index (χ0) is 21.7. The van der Waals surface area contributed by atoms with Crippen molar-refractivity contribution in [3.8, 4) is 5.75 Å². The third kappa shape index (κ3) is 4.84. The smallest absolute Gasteiger partial charge is 0.311 e. The van der Waals surface area contributed by atoms with E-state index in [-0.39, 0.29) is 23.6 Å². The molecule has 0 aliphatic carbocycles. The minimum Gasteiger partial charge on any atom is -0.490 e. The third-order valence-corrected chi connectivity index (χ3v) is 5.14. The zero-order valence-corrected chi connectivity index (χ0v) is 17.2. The molecule has 3 aromatic rings. The number of anilines is 1. The fourth-order valence-corrected chi connectivity index (χ4v) is 3.28. The summed E-state index contributed by atoms with van der Waals surface area (Å²) < 4.78 is 5.11. The van der Waals surface area contributed by atoms with Crippen molar-refractivity contribution in [1.82, 2.24) is 0 Å². The van der Waals surface area contributed by atoms with Crippen LogP contribution in [0, 0.1) is 24.0 Å². The minimum absolute atomic E-state index is 0.0459. The van der Waals surface area contributed by atoms with E-state index in [0.717, 1.165) is 16.8 Å². The molecule has 1 atom stereocenters. The number of benzene rings is 3. The second-order valence-corrected chi connectivity index (χ2v) is 7.18. The van der Waals surface area contributed by atoms with E-state index in [1.807, 2.05) is 50.2 Å². The van der Waals surface area contributed by atoms with Gasteiger partial charge in [0.05, 0.1) is 18.1 Å². The van der Waals surface area contributed by atoms with Crippen LogP contribution in [0.1, 0.15) is 39.5 Å². The number of nitro benzene ring substituents is 1. The van der Waals surface area contributed by atoms with Crippen molar-refractivity contribution in [2.45, 2.75) is 26.3 Å². The number of ether oxygens (including phenoxy) is 1. The van der Waals surface area contributed by atoms with Crippen LogP contribution in [0.5, 0.6) is 5.75 Å². The number of Topliss-reactive ketones (excluding diaryl/α,β-unsaturated/α-hetero) is 1. The van der Waals surface area contributed by atoms with Crippen LogP contribution in [-0.2, 0) is 0 Å². The Morgan fingerprint density at radius 3 is 2.40 bits per heavy atom. The summed E-state index contributed by atoms with van der Waals surface area (Å²) in [6, 6.07) is 19.3. The average Bonchev–Trinajstić information content (AvgIpc) is 2.75. The molecule has 0 saturated carbocycles. The van der Waals surface area contributed by atoms with Gasteiger partial charge in [0.1, 0.15) is 0 Å². The lowest BCUT2D eigenvalue weighted by Gasteiger charge is -2.21. The second kappa shape index (κ2) is 9.22. The molecule has 0 spiro atoms. The van der Waals surface area contributed by atoms with E-state index in [0.29, 0.717) is 11.1 Å². The van der Waals surface area contributed by atoms with Gasteiger partial charge in [0.2, 0.25) is 0 Å². The van der Waals surface area contributed by atoms with Gasteiger partial charge in [-0.15, -0.1) is 0 Å². The topological polar surface area (TPSA) is 81.5 Å². The largest absolute Gasteiger partial charge is 0.490 e. The number of nitrogens with one attached hydrogen (secondary N) is 1. The number of ketones is 1. The van der Waals surface area contributed by atoms with E-state index in [9.17, 15) is 14.9 Å². The van der Waals surface area contributed by atoms with Gasteiger partial charge in [0, 0.05) is 23.7 Å². The van der Waals surface area contributed by atoms with E-state index < -0.39 is 11.0 Å². The highest BCUT2D eigenvalue weighted by Crippen LogP contribution is 2.33. The summed E-state index contributed by atoms with van der Waals surface area (Å²) in [5, 5.41) is 14.9. The lowest BCUT2D eigenvalue weighted by Crippen LogP contribution is -2.16. The lowest BCUT2D eigenvalue weighted by atomic mass is 9.96. The zero-order valence-electron chi connectivity index (χ0n) is 17.2. The van der Waals surface area contributed by atoms with Crippen LogP contribution < -0.4 is 10.1 Å². The molecule has 6 nitrogen and oxygen atoms in total. The van der Waals surface area contributed by atoms with E-state index in [4.69, 9.17) is 4.74 Å². The molecule has 0 fully saturated rings. The van der Waals surface area contributed by atoms with Crippen molar-refractivity contribution in [2.24, 2.45) is 0 Å². The standard InChI is InChI=1S/C24H24N2O4/c1-16-9-11-20(13-17(16)2)25-21(15-23(27)18-7-5-4-6-8-18)19-10-12-24(30-3)22(14-19)26(28)29/h4-14,21,25H,15H2,1-3H3. The van der Waals surface area contributed by atoms with Crippen LogP contribution in [-0.4, -0.2) is 17.8 Å². The Bertz CT molecular complexity index is 1060. The van der Waals surface area contributed by atoms with Gasteiger partial charge in [-0.3, -0.25) is 14.9 Å². The Hall–Kier alpha value is -3.67. The third-order valence-electron chi connectivity index (χ3n) is 5.14. The Kier molecular flexibility index (Phi) is 6.47. The lowest BCUT2D eigenvalue weighted by molar-refractivity contribution is -0.385. The molecule has 1 N–H and O–H groups in total. The van der Waals surface area contributed by atoms with Gasteiger partial charge in [-0.05, 0) is 48.7 Å². The summed E-state index contributed by atoms with van der Waals surface area (Å²) in [5.74, 6) is 0.137. The van der Waals surface area contributed by atoms with Crippen LogP contribution in [0.3, 0.4) is 0 Å². The molecule has 0 heterocycles. The number of nitro groups is 1. The fraction of sp³-hybridized carbons (Fsp3) is 0.208. The summed E-state index contributed by atoms with van der Waals surface area (Å²) in [6.45, 7) is 4.05. The van der Waals surface area contributed by atoms with Gasteiger partial charge in [0.25, 0.3) is 0 Å². The monoisotopic (exact) mass is 404 g/mol. The highest BCUT2D eigenvalue weighted by molar-refractivity contribution is 5.96. The van der Waals surface area contributed by atoms with Crippen molar-refractivity contribution in [3.63, 3.8) is 0 Å². The molecular formula is C24H24N2O4. The summed E-state index contributed by atoms with van der Waals surface area (Å²) >= 11 is 0. The summed E-state index contributed by atoms with van der Waals surface area (Å²) in [4.78, 5) is 23.9. The Balaban J connectivity index is 1.98. The van der Waals surface area contributed by atoms with Gasteiger partial charge in [-0.25, -0.2) is 0 Å². The molecule has 154 valence electrons. The van der Waals surface area contributed by atoms with Crippen LogP contribution in [0.2, 0.25) is 0 Å². The Labute approximate surface area is 175 Å². The maximum Gasteiger partial charge on any atom is 0.311 e. The predicted molar refractivity (Wildman–Crippen MR) is 117 cm³/mol. The maximum atomic E-state index is 12.9. The molecule has 0 bridgehead atoms. The molecule has 30 heavy (non-hydrogen) atoms. The highest BCUT2D eigenvalue weighted by Gasteiger charge is 2.22. The van der Waals surface area contributed by atoms with Crippen molar-refractivity contribution in [2.75, 3.05) is 12.4 Å². The maximum absolute atomic E-state index is 12.9. The van der Waals surface area contributed by atoms with E-state index >= 15 is 0 Å². The van der Waals surface area contributed by atoms with E-state index in [1.54, 1.807) is 24.3 Å². The summed E-state index contributed by atoms with van der Waals surface area (Å²) in [6.07, 6.45) is 0.153. The van der Waals surface area contributed by atoms with Crippen LogP contribution in [0.15, 0.2) is 66.7 Å². The molecule has 0 aromatic heterocycles. The quantitative estimate of drug-likeness (QED) is 0.298. The number of carbonyl (C=O) groups is 1. The molecule has 0 saturated heterocycles. The molecule has 0 radical (unpaired) electrons. The number of aryl methyl sites for hydroxylation is 2. The first-order chi connectivity index (χ1) is 14.4. The van der Waals surface area contributed by atoms with E-state index in [1.165, 1.54) is 13.2 Å². The van der Waals surface area contributed by atoms with Gasteiger partial charge >= 0.3 is 5.69 Å². The van der Waals surface area contributed by atoms with Gasteiger partial charge in [-0.2, -0.15) is 0 Å². The number of methoxy groups -OCH3 is 1. The molecule has 0 amide bonds. The van der Waals surface area contributed by atoms with Crippen molar-refractivity contribution in [3.05, 3.63) is 99.1 Å². The van der Waals surface area contributed by atoms with Crippen molar-refractivity contribution < 1.29 is 14.5 Å². The van der Waals surface area contributed by atoms with E-state index in [2.05, 4.69) is 5.32 Å². The van der Waals surface area contributed by atoms with Crippen molar-refractivity contribution >= 4 is 17.2 Å². The molecule has 6 heteroatoms. The molecule has 0 aliphatic rings. The van der Waals surface area contributed by atoms with Crippen LogP contribution in [0.4, 0.5) is 11.4 Å². The molecule has 0 aliphatic heterocycles. The van der Waals surface area contributed by atoms with Crippen molar-refractivity contribution in [1.29, 1.82) is 0 Å². The van der Waals surface area contributed by atoms with Gasteiger partial charge in [-0.1, -0.05) is 42.5 Å². The first-order valence-corrected chi connectivity index (χ1v) is 9.63. The number of rotatable bonds is 8. The predicted octanol–water partition coefficient (Wildman–Crippen LogP) is 5.65. The number of carbonyl (C=O) groups excluding carboxylic acids is 1. The molecule has 3 rings (SSSR count). The highest BCUT2D eigenvalue weighted by atomic mass is 16.6. The normalized spacial score (nSPS) is 11.6. The van der Waals surface area contributed by atoms with Crippen LogP contribution >= 0.6 is 0 Å². The van der Waals surface area contributed by atoms with Crippen LogP contribution in [0.25, 0.3) is 0 Å². The van der Waals surface area contributed by atoms with Gasteiger partial charge in [0.15, 0.2) is 11.5 Å². The Morgan fingerprint density at radius 2 is 1.77 bits per heavy atom. The fourth-order valence-electron chi connectivity index (χ4n) is 3.28.